The average Bonchev–Trinajstić information content (AvgIpc) is 3.11. The fraction of sp³-hybridized carbons (Fsp3) is 0. The summed E-state index contributed by atoms with van der Waals surface area (Å²) in [6.07, 6.45) is 0. The highest BCUT2D eigenvalue weighted by atomic mass is 14.2. The molecule has 1 aliphatic rings. The minimum absolute atomic E-state index is 1.25. The molecule has 0 aliphatic heterocycles. The van der Waals surface area contributed by atoms with Crippen molar-refractivity contribution in [3.05, 3.63) is 109 Å². The zero-order chi connectivity index (χ0) is 18.5. The Balaban J connectivity index is 1.53. The molecule has 5 aromatic rings. The average molecular weight is 354 g/mol. The molecule has 1 aliphatic carbocycles. The summed E-state index contributed by atoms with van der Waals surface area (Å²) in [5.74, 6) is 0. The van der Waals surface area contributed by atoms with Crippen LogP contribution in [0.1, 0.15) is 0 Å². The quantitative estimate of drug-likeness (QED) is 0.297. The van der Waals surface area contributed by atoms with E-state index in [0.29, 0.717) is 0 Å². The Morgan fingerprint density at radius 3 is 1.57 bits per heavy atom. The maximum absolute atomic E-state index is 2.29. The number of rotatable bonds is 2. The van der Waals surface area contributed by atoms with Gasteiger partial charge in [-0.15, -0.1) is 0 Å². The number of fused-ring (bicyclic) bond motifs is 3. The topological polar surface area (TPSA) is 0 Å². The summed E-state index contributed by atoms with van der Waals surface area (Å²) in [5, 5.41) is 2.71. The van der Waals surface area contributed by atoms with E-state index in [2.05, 4.69) is 109 Å². The smallest absolute Gasteiger partial charge is 0.00201 e. The first-order valence-electron chi connectivity index (χ1n) is 9.71. The molecule has 0 spiro atoms. The van der Waals surface area contributed by atoms with Gasteiger partial charge in [-0.1, -0.05) is 109 Å². The van der Waals surface area contributed by atoms with E-state index in [4.69, 9.17) is 0 Å². The van der Waals surface area contributed by atoms with Crippen molar-refractivity contribution in [1.82, 2.24) is 0 Å². The first-order chi connectivity index (χ1) is 13.9. The monoisotopic (exact) mass is 354 g/mol. The SMILES string of the molecule is c1ccc(-c2ccc(-c3ccc4c5c(cccc35)-c3ccccc3-4)cc2)cc1. The Bertz CT molecular complexity index is 1300. The molecule has 0 heterocycles. The van der Waals surface area contributed by atoms with Crippen LogP contribution in [0.15, 0.2) is 109 Å². The van der Waals surface area contributed by atoms with Crippen LogP contribution in [0, 0.1) is 0 Å². The molecule has 0 nitrogen and oxygen atoms in total. The minimum atomic E-state index is 1.25. The summed E-state index contributed by atoms with van der Waals surface area (Å²) in [6.45, 7) is 0. The molecular formula is C28H18. The lowest BCUT2D eigenvalue weighted by Crippen LogP contribution is -1.84. The van der Waals surface area contributed by atoms with Gasteiger partial charge in [0.25, 0.3) is 0 Å². The molecule has 0 unspecified atom stereocenters. The lowest BCUT2D eigenvalue weighted by molar-refractivity contribution is 1.61. The second-order valence-corrected chi connectivity index (χ2v) is 7.38. The van der Waals surface area contributed by atoms with E-state index in [1.54, 1.807) is 0 Å². The zero-order valence-electron chi connectivity index (χ0n) is 15.4. The van der Waals surface area contributed by atoms with E-state index in [1.165, 1.54) is 55.3 Å². The summed E-state index contributed by atoms with van der Waals surface area (Å²) >= 11 is 0. The van der Waals surface area contributed by atoms with E-state index in [1.807, 2.05) is 0 Å². The third kappa shape index (κ3) is 2.18. The molecule has 0 amide bonds. The summed E-state index contributed by atoms with van der Waals surface area (Å²) in [6, 6.07) is 39.5. The van der Waals surface area contributed by atoms with Crippen LogP contribution in [-0.4, -0.2) is 0 Å². The molecule has 0 aromatic heterocycles. The molecule has 0 N–H and O–H groups in total. The van der Waals surface area contributed by atoms with Crippen molar-refractivity contribution in [2.24, 2.45) is 0 Å². The van der Waals surface area contributed by atoms with Crippen LogP contribution in [0.4, 0.5) is 0 Å². The lowest BCUT2D eigenvalue weighted by atomic mass is 9.93. The predicted molar refractivity (Wildman–Crippen MR) is 119 cm³/mol. The van der Waals surface area contributed by atoms with Crippen molar-refractivity contribution >= 4 is 10.8 Å². The van der Waals surface area contributed by atoms with Crippen LogP contribution >= 0.6 is 0 Å². The van der Waals surface area contributed by atoms with Gasteiger partial charge in [0.2, 0.25) is 0 Å². The molecule has 0 bridgehead atoms. The van der Waals surface area contributed by atoms with Crippen LogP contribution in [0.2, 0.25) is 0 Å². The highest BCUT2D eigenvalue weighted by Gasteiger charge is 2.21. The second kappa shape index (κ2) is 5.94. The summed E-state index contributed by atoms with van der Waals surface area (Å²) in [7, 11) is 0. The first kappa shape index (κ1) is 15.4. The fourth-order valence-corrected chi connectivity index (χ4v) is 4.53. The first-order valence-corrected chi connectivity index (χ1v) is 9.71. The van der Waals surface area contributed by atoms with Gasteiger partial charge in [-0.2, -0.15) is 0 Å². The Morgan fingerprint density at radius 2 is 0.821 bits per heavy atom. The summed E-state index contributed by atoms with van der Waals surface area (Å²) < 4.78 is 0. The fourth-order valence-electron chi connectivity index (χ4n) is 4.53. The third-order valence-corrected chi connectivity index (χ3v) is 5.85. The van der Waals surface area contributed by atoms with Gasteiger partial charge in [-0.25, -0.2) is 0 Å². The van der Waals surface area contributed by atoms with Crippen molar-refractivity contribution in [3.63, 3.8) is 0 Å². The molecule has 0 fully saturated rings. The molecule has 6 rings (SSSR count). The highest BCUT2D eigenvalue weighted by Crippen LogP contribution is 2.49. The molecule has 0 saturated heterocycles. The lowest BCUT2D eigenvalue weighted by Gasteiger charge is -2.10. The van der Waals surface area contributed by atoms with Crippen LogP contribution < -0.4 is 0 Å². The molecule has 0 radical (unpaired) electrons. The molecule has 130 valence electrons. The summed E-state index contributed by atoms with van der Waals surface area (Å²) in [4.78, 5) is 0. The molecular weight excluding hydrogens is 336 g/mol. The standard InChI is InChI=1S/C28H18/c1-2-7-19(8-3-1)20-13-15-21(16-14-20)22-17-18-27-24-10-5-4-9-23(24)26-12-6-11-25(22)28(26)27/h1-18H. The largest absolute Gasteiger partial charge is 0.0622 e. The molecule has 0 heteroatoms. The number of hydrogen-bond acceptors (Lipinski definition) is 0. The van der Waals surface area contributed by atoms with Crippen molar-refractivity contribution in [2.75, 3.05) is 0 Å². The van der Waals surface area contributed by atoms with Crippen molar-refractivity contribution in [3.8, 4) is 44.5 Å². The molecule has 5 aromatic carbocycles. The zero-order valence-corrected chi connectivity index (χ0v) is 15.4. The van der Waals surface area contributed by atoms with Crippen LogP contribution in [0.25, 0.3) is 55.3 Å². The van der Waals surface area contributed by atoms with Crippen molar-refractivity contribution in [2.45, 2.75) is 0 Å². The minimum Gasteiger partial charge on any atom is -0.0622 e. The Labute approximate surface area is 164 Å². The van der Waals surface area contributed by atoms with Gasteiger partial charge in [0.15, 0.2) is 0 Å². The van der Waals surface area contributed by atoms with Gasteiger partial charge < -0.3 is 0 Å². The van der Waals surface area contributed by atoms with Crippen molar-refractivity contribution < 1.29 is 0 Å². The highest BCUT2D eigenvalue weighted by molar-refractivity contribution is 6.18. The molecule has 0 saturated carbocycles. The maximum Gasteiger partial charge on any atom is -0.00201 e. The van der Waals surface area contributed by atoms with Gasteiger partial charge in [-0.3, -0.25) is 0 Å². The third-order valence-electron chi connectivity index (χ3n) is 5.85. The van der Waals surface area contributed by atoms with E-state index >= 15 is 0 Å². The number of benzene rings is 5. The van der Waals surface area contributed by atoms with E-state index in [9.17, 15) is 0 Å². The molecule has 0 atom stereocenters. The van der Waals surface area contributed by atoms with Crippen LogP contribution in [0.5, 0.6) is 0 Å². The normalized spacial score (nSPS) is 11.6. The van der Waals surface area contributed by atoms with E-state index in [0.717, 1.165) is 0 Å². The van der Waals surface area contributed by atoms with Crippen molar-refractivity contribution in [1.29, 1.82) is 0 Å². The van der Waals surface area contributed by atoms with E-state index in [-0.39, 0.29) is 0 Å². The van der Waals surface area contributed by atoms with Gasteiger partial charge >= 0.3 is 0 Å². The van der Waals surface area contributed by atoms with Gasteiger partial charge in [-0.05, 0) is 55.3 Å². The second-order valence-electron chi connectivity index (χ2n) is 7.38. The van der Waals surface area contributed by atoms with Gasteiger partial charge in [0.05, 0.1) is 0 Å². The predicted octanol–water partition coefficient (Wildman–Crippen LogP) is 7.82. The molecule has 28 heavy (non-hydrogen) atoms. The van der Waals surface area contributed by atoms with E-state index < -0.39 is 0 Å². The van der Waals surface area contributed by atoms with Gasteiger partial charge in [0.1, 0.15) is 0 Å². The summed E-state index contributed by atoms with van der Waals surface area (Å²) in [5.41, 5.74) is 10.5. The Hall–Kier alpha value is -3.64. The Kier molecular flexibility index (Phi) is 3.27. The Morgan fingerprint density at radius 1 is 0.286 bits per heavy atom. The maximum atomic E-state index is 2.29. The van der Waals surface area contributed by atoms with Gasteiger partial charge in [0, 0.05) is 0 Å². The number of hydrogen-bond donors (Lipinski definition) is 0. The van der Waals surface area contributed by atoms with Crippen LogP contribution in [-0.2, 0) is 0 Å². The van der Waals surface area contributed by atoms with Crippen LogP contribution in [0.3, 0.4) is 0 Å².